The van der Waals surface area contributed by atoms with Gasteiger partial charge in [-0.15, -0.1) is 0 Å². The largest absolute Gasteiger partial charge is 0.391 e. The zero-order chi connectivity index (χ0) is 24.5. The Bertz CT molecular complexity index is 940. The molecule has 2 aliphatic heterocycles. The molecule has 3 amide bonds. The number of hydrogen-bond acceptors (Lipinski definition) is 4. The van der Waals surface area contributed by atoms with E-state index in [-0.39, 0.29) is 18.0 Å². The number of ether oxygens (including phenoxy) is 1. The quantitative estimate of drug-likeness (QED) is 0.509. The summed E-state index contributed by atoms with van der Waals surface area (Å²) in [7, 11) is 0. The van der Waals surface area contributed by atoms with E-state index in [2.05, 4.69) is 5.32 Å². The van der Waals surface area contributed by atoms with Gasteiger partial charge in [-0.25, -0.2) is 4.79 Å². The Hall–Kier alpha value is -2.90. The van der Waals surface area contributed by atoms with E-state index in [0.717, 1.165) is 36.8 Å². The van der Waals surface area contributed by atoms with E-state index in [0.29, 0.717) is 45.7 Å². The summed E-state index contributed by atoms with van der Waals surface area (Å²) >= 11 is 0. The highest BCUT2D eigenvalue weighted by Crippen LogP contribution is 2.27. The van der Waals surface area contributed by atoms with Crippen LogP contribution in [0, 0.1) is 0 Å². The molecular weight excluding hydrogens is 442 g/mol. The fourth-order valence-corrected chi connectivity index (χ4v) is 5.15. The van der Waals surface area contributed by atoms with Gasteiger partial charge in [0.05, 0.1) is 18.8 Å². The Morgan fingerprint density at radius 3 is 2.34 bits per heavy atom. The fourth-order valence-electron chi connectivity index (χ4n) is 5.15. The molecule has 188 valence electrons. The smallest absolute Gasteiger partial charge is 0.318 e. The van der Waals surface area contributed by atoms with Crippen molar-refractivity contribution in [2.24, 2.45) is 0 Å². The van der Waals surface area contributed by atoms with E-state index in [1.54, 1.807) is 4.90 Å². The first-order valence-electron chi connectivity index (χ1n) is 12.8. The zero-order valence-electron chi connectivity index (χ0n) is 20.4. The third kappa shape index (κ3) is 6.83. The molecule has 2 fully saturated rings. The predicted molar refractivity (Wildman–Crippen MR) is 134 cm³/mol. The lowest BCUT2D eigenvalue weighted by atomic mass is 10.0. The van der Waals surface area contributed by atoms with Crippen LogP contribution < -0.4 is 5.32 Å². The third-order valence-electron chi connectivity index (χ3n) is 7.01. The summed E-state index contributed by atoms with van der Waals surface area (Å²) in [6, 6.07) is 19.0. The molecular formula is C28H37N3O4. The van der Waals surface area contributed by atoms with E-state index in [1.165, 1.54) is 0 Å². The third-order valence-corrected chi connectivity index (χ3v) is 7.01. The highest BCUT2D eigenvalue weighted by Gasteiger charge is 2.41. The van der Waals surface area contributed by atoms with Gasteiger partial charge in [0.1, 0.15) is 6.04 Å². The molecule has 2 saturated heterocycles. The van der Waals surface area contributed by atoms with Crippen molar-refractivity contribution in [3.8, 4) is 0 Å². The highest BCUT2D eigenvalue weighted by atomic mass is 16.5. The number of urea groups is 1. The molecule has 7 heteroatoms. The van der Waals surface area contributed by atoms with Crippen molar-refractivity contribution in [2.45, 2.75) is 69.9 Å². The van der Waals surface area contributed by atoms with E-state index in [1.807, 2.05) is 65.6 Å². The first kappa shape index (κ1) is 25.2. The first-order chi connectivity index (χ1) is 17.1. The minimum atomic E-state index is -0.580. The Labute approximate surface area is 208 Å². The zero-order valence-corrected chi connectivity index (χ0v) is 20.4. The molecule has 2 aliphatic rings. The summed E-state index contributed by atoms with van der Waals surface area (Å²) in [4.78, 5) is 29.8. The molecule has 0 saturated carbocycles. The number of aliphatic hydroxyl groups is 1. The number of likely N-dealkylation sites (tertiary alicyclic amines) is 2. The van der Waals surface area contributed by atoms with Crippen molar-refractivity contribution in [1.29, 1.82) is 0 Å². The van der Waals surface area contributed by atoms with Gasteiger partial charge in [-0.05, 0) is 49.7 Å². The summed E-state index contributed by atoms with van der Waals surface area (Å²) in [6.45, 7) is 2.80. The van der Waals surface area contributed by atoms with Crippen LogP contribution in [0.3, 0.4) is 0 Å². The van der Waals surface area contributed by atoms with Gasteiger partial charge in [0.25, 0.3) is 0 Å². The summed E-state index contributed by atoms with van der Waals surface area (Å²) < 4.78 is 5.74. The van der Waals surface area contributed by atoms with Crippen molar-refractivity contribution in [3.63, 3.8) is 0 Å². The number of benzene rings is 2. The van der Waals surface area contributed by atoms with Crippen molar-refractivity contribution >= 4 is 11.9 Å². The van der Waals surface area contributed by atoms with Crippen molar-refractivity contribution < 1.29 is 19.4 Å². The Morgan fingerprint density at radius 2 is 1.60 bits per heavy atom. The molecule has 2 aromatic rings. The number of amides is 3. The van der Waals surface area contributed by atoms with Crippen LogP contribution in [0.15, 0.2) is 60.7 Å². The van der Waals surface area contributed by atoms with Crippen molar-refractivity contribution in [3.05, 3.63) is 71.8 Å². The van der Waals surface area contributed by atoms with Gasteiger partial charge in [0.2, 0.25) is 5.91 Å². The van der Waals surface area contributed by atoms with Crippen LogP contribution in [0.2, 0.25) is 0 Å². The van der Waals surface area contributed by atoms with Gasteiger partial charge in [-0.2, -0.15) is 0 Å². The van der Waals surface area contributed by atoms with Crippen LogP contribution in [0.4, 0.5) is 4.79 Å². The number of carbonyl (C=O) groups is 2. The Balaban J connectivity index is 1.24. The van der Waals surface area contributed by atoms with E-state index >= 15 is 0 Å². The standard InChI is InChI=1S/C28H37N3O4/c32-26(16-9-19-35-21-23-12-5-2-6-13-23)24-14-7-17-30(24)27(33)25-15-8-18-31(25)28(34)29-20-22-10-3-1-4-11-22/h1-6,10-13,24-26,32H,7-9,14-21H2,(H,29,34)/t24-,25-,26?/m0/s1. The number of nitrogens with zero attached hydrogens (tertiary/aromatic N) is 2. The number of aliphatic hydroxyl groups excluding tert-OH is 1. The fraction of sp³-hybridized carbons (Fsp3) is 0.500. The van der Waals surface area contributed by atoms with Crippen LogP contribution in [0.5, 0.6) is 0 Å². The van der Waals surface area contributed by atoms with Gasteiger partial charge in [-0.3, -0.25) is 4.79 Å². The maximum atomic E-state index is 13.5. The van der Waals surface area contributed by atoms with Gasteiger partial charge in [-0.1, -0.05) is 60.7 Å². The number of nitrogens with one attached hydrogen (secondary N) is 1. The van der Waals surface area contributed by atoms with Crippen LogP contribution in [0.1, 0.15) is 49.7 Å². The maximum absolute atomic E-state index is 13.5. The average molecular weight is 480 g/mol. The topological polar surface area (TPSA) is 82.1 Å². The van der Waals surface area contributed by atoms with Crippen LogP contribution in [-0.4, -0.2) is 64.7 Å². The SMILES string of the molecule is O=C(NCc1ccccc1)N1CCC[C@H]1C(=O)N1CCC[C@H]1C(O)CCCOCc1ccccc1. The number of carbonyl (C=O) groups excluding carboxylic acids is 2. The summed E-state index contributed by atoms with van der Waals surface area (Å²) in [6.07, 6.45) is 3.91. The second-order valence-corrected chi connectivity index (χ2v) is 9.48. The molecule has 0 bridgehead atoms. The Morgan fingerprint density at radius 1 is 0.943 bits per heavy atom. The molecule has 0 aromatic heterocycles. The van der Waals surface area contributed by atoms with E-state index in [4.69, 9.17) is 4.74 Å². The summed E-state index contributed by atoms with van der Waals surface area (Å²) in [5, 5.41) is 13.8. The second kappa shape index (κ2) is 12.7. The predicted octanol–water partition coefficient (Wildman–Crippen LogP) is 3.71. The number of rotatable bonds is 10. The molecule has 0 aliphatic carbocycles. The summed E-state index contributed by atoms with van der Waals surface area (Å²) in [5.41, 5.74) is 2.16. The van der Waals surface area contributed by atoms with Gasteiger partial charge in [0, 0.05) is 26.2 Å². The molecule has 0 radical (unpaired) electrons. The lowest BCUT2D eigenvalue weighted by Crippen LogP contribution is -2.53. The van der Waals surface area contributed by atoms with Crippen LogP contribution in [-0.2, 0) is 22.7 Å². The van der Waals surface area contributed by atoms with Crippen molar-refractivity contribution in [2.75, 3.05) is 19.7 Å². The molecule has 1 unspecified atom stereocenters. The lowest BCUT2D eigenvalue weighted by Gasteiger charge is -2.33. The molecule has 2 aromatic carbocycles. The van der Waals surface area contributed by atoms with Crippen molar-refractivity contribution in [1.82, 2.24) is 15.1 Å². The molecule has 7 nitrogen and oxygen atoms in total. The lowest BCUT2D eigenvalue weighted by molar-refractivity contribution is -0.138. The monoisotopic (exact) mass is 479 g/mol. The summed E-state index contributed by atoms with van der Waals surface area (Å²) in [5.74, 6) is -0.0285. The molecule has 2 heterocycles. The Kier molecular flexibility index (Phi) is 9.15. The minimum Gasteiger partial charge on any atom is -0.391 e. The van der Waals surface area contributed by atoms with Crippen LogP contribution >= 0.6 is 0 Å². The minimum absolute atomic E-state index is 0.0285. The maximum Gasteiger partial charge on any atom is 0.318 e. The number of hydrogen-bond donors (Lipinski definition) is 2. The molecule has 0 spiro atoms. The molecule has 4 rings (SSSR count). The van der Waals surface area contributed by atoms with E-state index < -0.39 is 12.1 Å². The average Bonchev–Trinajstić information content (AvgIpc) is 3.58. The molecule has 2 N–H and O–H groups in total. The van der Waals surface area contributed by atoms with Gasteiger partial charge < -0.3 is 25.0 Å². The normalized spacial score (nSPS) is 20.7. The van der Waals surface area contributed by atoms with E-state index in [9.17, 15) is 14.7 Å². The molecule has 35 heavy (non-hydrogen) atoms. The van der Waals surface area contributed by atoms with Gasteiger partial charge in [0.15, 0.2) is 0 Å². The van der Waals surface area contributed by atoms with Crippen LogP contribution in [0.25, 0.3) is 0 Å². The molecule has 3 atom stereocenters. The first-order valence-corrected chi connectivity index (χ1v) is 12.8. The highest BCUT2D eigenvalue weighted by molar-refractivity contribution is 5.88. The second-order valence-electron chi connectivity index (χ2n) is 9.48. The van der Waals surface area contributed by atoms with Gasteiger partial charge >= 0.3 is 6.03 Å².